The number of aromatic nitrogens is 2. The van der Waals surface area contributed by atoms with E-state index in [1.807, 2.05) is 32.5 Å². The van der Waals surface area contributed by atoms with Gasteiger partial charge >= 0.3 is 6.03 Å². The Labute approximate surface area is 180 Å². The van der Waals surface area contributed by atoms with Crippen molar-refractivity contribution in [3.8, 4) is 0 Å². The van der Waals surface area contributed by atoms with Gasteiger partial charge in [-0.05, 0) is 58.4 Å². The molecule has 2 amide bonds. The van der Waals surface area contributed by atoms with Crippen LogP contribution in [0.4, 0.5) is 4.79 Å². The molecular formula is C21H39N7O2. The van der Waals surface area contributed by atoms with Crippen molar-refractivity contribution < 1.29 is 9.53 Å². The van der Waals surface area contributed by atoms with Gasteiger partial charge in [-0.25, -0.2) is 14.5 Å². The van der Waals surface area contributed by atoms with Crippen molar-refractivity contribution in [3.63, 3.8) is 0 Å². The largest absolute Gasteiger partial charge is 0.391 e. The highest BCUT2D eigenvalue weighted by atomic mass is 16.5. The van der Waals surface area contributed by atoms with Crippen LogP contribution in [0.15, 0.2) is 5.70 Å². The Morgan fingerprint density at radius 3 is 2.70 bits per heavy atom. The van der Waals surface area contributed by atoms with E-state index < -0.39 is 0 Å². The molecule has 1 aliphatic carbocycles. The van der Waals surface area contributed by atoms with Crippen LogP contribution < -0.4 is 27.1 Å². The molecule has 1 aromatic rings. The van der Waals surface area contributed by atoms with Gasteiger partial charge in [0, 0.05) is 45.0 Å². The zero-order valence-electron chi connectivity index (χ0n) is 18.9. The second-order valence-electron chi connectivity index (χ2n) is 7.73. The van der Waals surface area contributed by atoms with Crippen LogP contribution in [-0.2, 0) is 17.9 Å². The summed E-state index contributed by atoms with van der Waals surface area (Å²) in [5.74, 6) is 0.825. The Kier molecular flexibility index (Phi) is 9.96. The van der Waals surface area contributed by atoms with Crippen molar-refractivity contribution in [1.29, 1.82) is 0 Å². The van der Waals surface area contributed by atoms with Gasteiger partial charge in [-0.1, -0.05) is 0 Å². The molecule has 0 bridgehead atoms. The van der Waals surface area contributed by atoms with Crippen LogP contribution in [0.5, 0.6) is 0 Å². The van der Waals surface area contributed by atoms with Gasteiger partial charge in [0.1, 0.15) is 6.61 Å². The summed E-state index contributed by atoms with van der Waals surface area (Å²) in [6, 6.07) is -0.0145. The first kappa shape index (κ1) is 24.0. The maximum absolute atomic E-state index is 11.7. The van der Waals surface area contributed by atoms with Crippen LogP contribution in [0, 0.1) is 0 Å². The van der Waals surface area contributed by atoms with E-state index in [1.165, 1.54) is 17.7 Å². The normalized spacial score (nSPS) is 14.2. The molecule has 0 spiro atoms. The van der Waals surface area contributed by atoms with E-state index in [0.29, 0.717) is 32.8 Å². The van der Waals surface area contributed by atoms with Gasteiger partial charge in [0.15, 0.2) is 5.82 Å². The van der Waals surface area contributed by atoms with Gasteiger partial charge in [0.2, 0.25) is 0 Å². The molecular weight excluding hydrogens is 382 g/mol. The Morgan fingerprint density at radius 1 is 1.27 bits per heavy atom. The lowest BCUT2D eigenvalue weighted by atomic mass is 9.93. The van der Waals surface area contributed by atoms with E-state index in [-0.39, 0.29) is 12.1 Å². The number of nitrogens with zero attached hydrogens (tertiary/aromatic N) is 2. The molecule has 170 valence electrons. The molecule has 9 nitrogen and oxygen atoms in total. The number of rotatable bonds is 12. The zero-order chi connectivity index (χ0) is 21.9. The Hall–Kier alpha value is -2.26. The predicted molar refractivity (Wildman–Crippen MR) is 120 cm³/mol. The molecule has 1 aliphatic rings. The summed E-state index contributed by atoms with van der Waals surface area (Å²) >= 11 is 0. The number of carbonyl (C=O) groups is 1. The molecule has 1 aromatic heterocycles. The number of ether oxygens (including phenoxy) is 1. The minimum absolute atomic E-state index is 0.123. The summed E-state index contributed by atoms with van der Waals surface area (Å²) < 4.78 is 7.69. The fourth-order valence-electron chi connectivity index (χ4n) is 3.67. The number of imidazole rings is 1. The first-order valence-electron chi connectivity index (χ1n) is 11.1. The highest BCUT2D eigenvalue weighted by Crippen LogP contribution is 2.33. The first-order valence-corrected chi connectivity index (χ1v) is 11.1. The maximum Gasteiger partial charge on any atom is 0.314 e. The minimum atomic E-state index is -0.137. The van der Waals surface area contributed by atoms with E-state index in [2.05, 4.69) is 21.4 Å². The van der Waals surface area contributed by atoms with E-state index >= 15 is 0 Å². The van der Waals surface area contributed by atoms with E-state index in [4.69, 9.17) is 15.5 Å². The third-order valence-corrected chi connectivity index (χ3v) is 5.03. The van der Waals surface area contributed by atoms with Crippen LogP contribution in [-0.4, -0.2) is 48.5 Å². The topological polar surface area (TPSA) is 118 Å². The van der Waals surface area contributed by atoms with Gasteiger partial charge < -0.3 is 31.8 Å². The lowest BCUT2D eigenvalue weighted by Crippen LogP contribution is -2.40. The van der Waals surface area contributed by atoms with E-state index in [1.54, 1.807) is 0 Å². The minimum Gasteiger partial charge on any atom is -0.391 e. The van der Waals surface area contributed by atoms with Crippen LogP contribution in [0.25, 0.3) is 5.57 Å². The number of hydrogen-bond acceptors (Lipinski definition) is 6. The highest BCUT2D eigenvalue weighted by molar-refractivity contribution is 5.74. The first-order chi connectivity index (χ1) is 14.5. The molecule has 0 atom stereocenters. The van der Waals surface area contributed by atoms with Gasteiger partial charge in [0.25, 0.3) is 0 Å². The summed E-state index contributed by atoms with van der Waals surface area (Å²) in [7, 11) is 1.98. The molecule has 0 fully saturated rings. The second-order valence-corrected chi connectivity index (χ2v) is 7.73. The molecule has 2 rings (SSSR count). The Balaban J connectivity index is 2.16. The Bertz CT molecular complexity index is 712. The van der Waals surface area contributed by atoms with Crippen molar-refractivity contribution in [2.45, 2.75) is 72.1 Å². The van der Waals surface area contributed by atoms with E-state index in [9.17, 15) is 4.79 Å². The monoisotopic (exact) mass is 421 g/mol. The van der Waals surface area contributed by atoms with Crippen molar-refractivity contribution in [3.05, 3.63) is 22.9 Å². The summed E-state index contributed by atoms with van der Waals surface area (Å²) in [5.41, 5.74) is 14.0. The lowest BCUT2D eigenvalue weighted by Gasteiger charge is -2.23. The third kappa shape index (κ3) is 6.63. The summed E-state index contributed by atoms with van der Waals surface area (Å²) in [6.07, 6.45) is 5.17. The van der Waals surface area contributed by atoms with Crippen LogP contribution in [0.1, 0.15) is 70.1 Å². The zero-order valence-corrected chi connectivity index (χ0v) is 18.9. The van der Waals surface area contributed by atoms with Crippen molar-refractivity contribution in [2.75, 3.05) is 32.2 Å². The fourth-order valence-corrected chi connectivity index (χ4v) is 3.67. The number of urea groups is 1. The molecule has 0 radical (unpaired) electrons. The lowest BCUT2D eigenvalue weighted by molar-refractivity contribution is 0.126. The average molecular weight is 422 g/mol. The van der Waals surface area contributed by atoms with Gasteiger partial charge in [-0.15, -0.1) is 0 Å². The fraction of sp³-hybridized carbons (Fsp3) is 0.714. The van der Waals surface area contributed by atoms with Crippen LogP contribution in [0.2, 0.25) is 0 Å². The SMILES string of the molecule is CCOCc1nc(CN)c(C2=C(NC)CCCC2)n1NCCCNC(=O)NC(C)C. The average Bonchev–Trinajstić information content (AvgIpc) is 3.08. The van der Waals surface area contributed by atoms with Gasteiger partial charge in [0.05, 0.1) is 11.4 Å². The molecule has 0 unspecified atom stereocenters. The molecule has 0 saturated heterocycles. The molecule has 0 aromatic carbocycles. The quantitative estimate of drug-likeness (QED) is 0.330. The van der Waals surface area contributed by atoms with Crippen LogP contribution >= 0.6 is 0 Å². The number of amides is 2. The summed E-state index contributed by atoms with van der Waals surface area (Å²) in [5, 5.41) is 9.08. The number of nitrogens with one attached hydrogen (secondary N) is 4. The second kappa shape index (κ2) is 12.4. The predicted octanol–water partition coefficient (Wildman–Crippen LogP) is 2.02. The maximum atomic E-state index is 11.7. The summed E-state index contributed by atoms with van der Waals surface area (Å²) in [4.78, 5) is 16.5. The van der Waals surface area contributed by atoms with E-state index in [0.717, 1.165) is 42.9 Å². The van der Waals surface area contributed by atoms with Gasteiger partial charge in [-0.2, -0.15) is 0 Å². The number of allylic oxidation sites excluding steroid dienone is 2. The molecule has 6 N–H and O–H groups in total. The molecule has 1 heterocycles. The van der Waals surface area contributed by atoms with Crippen molar-refractivity contribution in [2.24, 2.45) is 5.73 Å². The van der Waals surface area contributed by atoms with Crippen LogP contribution in [0.3, 0.4) is 0 Å². The highest BCUT2D eigenvalue weighted by Gasteiger charge is 2.24. The Morgan fingerprint density at radius 2 is 2.03 bits per heavy atom. The smallest absolute Gasteiger partial charge is 0.314 e. The van der Waals surface area contributed by atoms with Gasteiger partial charge in [-0.3, -0.25) is 0 Å². The molecule has 9 heteroatoms. The van der Waals surface area contributed by atoms with Crippen molar-refractivity contribution in [1.82, 2.24) is 25.6 Å². The standard InChI is InChI=1S/C21H39N7O2/c1-5-30-14-19-27-18(13-22)20(16-9-6-7-10-17(16)23-4)28(19)25-12-8-11-24-21(29)26-15(2)3/h15,23,25H,5-14,22H2,1-4H3,(H2,24,26,29). The summed E-state index contributed by atoms with van der Waals surface area (Å²) in [6.45, 7) is 8.56. The molecule has 30 heavy (non-hydrogen) atoms. The molecule has 0 aliphatic heterocycles. The number of hydrogen-bond donors (Lipinski definition) is 5. The van der Waals surface area contributed by atoms with Crippen molar-refractivity contribution >= 4 is 11.6 Å². The third-order valence-electron chi connectivity index (χ3n) is 5.03. The number of nitrogens with two attached hydrogens (primary N) is 1. The number of carbonyl (C=O) groups excluding carboxylic acids is 1. The molecule has 0 saturated carbocycles.